The summed E-state index contributed by atoms with van der Waals surface area (Å²) in [5, 5.41) is 0. The van der Waals surface area contributed by atoms with Crippen LogP contribution in [-0.2, 0) is 11.3 Å². The Labute approximate surface area is 183 Å². The van der Waals surface area contributed by atoms with E-state index in [9.17, 15) is 27.6 Å². The highest BCUT2D eigenvalue weighted by atomic mass is 19.4. The number of aromatic amines is 1. The van der Waals surface area contributed by atoms with E-state index in [1.165, 1.54) is 11.9 Å². The summed E-state index contributed by atoms with van der Waals surface area (Å²) < 4.78 is 38.7. The van der Waals surface area contributed by atoms with Crippen LogP contribution in [0.1, 0.15) is 25.8 Å². The Morgan fingerprint density at radius 1 is 1.19 bits per heavy atom. The number of H-pyrrole nitrogens is 1. The molecule has 0 spiro atoms. The first kappa shape index (κ1) is 25.2. The fourth-order valence-electron chi connectivity index (χ4n) is 3.16. The summed E-state index contributed by atoms with van der Waals surface area (Å²) in [6.45, 7) is 3.09. The van der Waals surface area contributed by atoms with Crippen molar-refractivity contribution < 1.29 is 18.0 Å². The lowest BCUT2D eigenvalue weighted by atomic mass is 10.2. The Bertz CT molecular complexity index is 1030. The number of hydrogen-bond acceptors (Lipinski definition) is 5. The highest BCUT2D eigenvalue weighted by molar-refractivity contribution is 5.96. The van der Waals surface area contributed by atoms with Crippen molar-refractivity contribution in [3.8, 4) is 0 Å². The molecule has 1 aromatic heterocycles. The van der Waals surface area contributed by atoms with Crippen LogP contribution < -0.4 is 21.9 Å². The molecule has 0 bridgehead atoms. The van der Waals surface area contributed by atoms with Crippen LogP contribution in [0.4, 0.5) is 24.7 Å². The van der Waals surface area contributed by atoms with Crippen molar-refractivity contribution in [2.75, 3.05) is 37.3 Å². The zero-order chi connectivity index (χ0) is 24.1. The van der Waals surface area contributed by atoms with Gasteiger partial charge < -0.3 is 10.6 Å². The van der Waals surface area contributed by atoms with Crippen molar-refractivity contribution in [1.29, 1.82) is 0 Å². The summed E-state index contributed by atoms with van der Waals surface area (Å²) in [7, 11) is 1.39. The molecular formula is C21H28F3N5O3. The van der Waals surface area contributed by atoms with Crippen molar-refractivity contribution >= 4 is 17.4 Å². The number of nitrogens with one attached hydrogen (secondary N) is 1. The van der Waals surface area contributed by atoms with Gasteiger partial charge in [0.2, 0.25) is 5.91 Å². The number of aromatic nitrogens is 2. The average molecular weight is 455 g/mol. The Morgan fingerprint density at radius 3 is 2.38 bits per heavy atom. The molecule has 2 rings (SSSR count). The molecule has 0 aliphatic rings. The van der Waals surface area contributed by atoms with Gasteiger partial charge in [0.1, 0.15) is 5.82 Å². The average Bonchev–Trinajstić information content (AvgIpc) is 2.68. The van der Waals surface area contributed by atoms with Crippen LogP contribution in [0.2, 0.25) is 0 Å². The standard InChI is InChI=1S/C21H28F3N5O3/c1-14(2)11-28(16(30)13-27(3)10-9-21(22,23)24)17-18(25)29(20(32)26-19(17)31)12-15-7-5-4-6-8-15/h4-8,14H,9-13,25H2,1-3H3,(H,26,31,32). The number of halogens is 3. The van der Waals surface area contributed by atoms with Crippen molar-refractivity contribution in [3.63, 3.8) is 0 Å². The summed E-state index contributed by atoms with van der Waals surface area (Å²) in [6.07, 6.45) is -5.41. The number of carbonyl (C=O) groups is 1. The molecule has 0 atom stereocenters. The molecule has 32 heavy (non-hydrogen) atoms. The van der Waals surface area contributed by atoms with Crippen LogP contribution in [0.15, 0.2) is 39.9 Å². The van der Waals surface area contributed by atoms with Gasteiger partial charge in [0.05, 0.1) is 19.5 Å². The first-order chi connectivity index (χ1) is 14.9. The van der Waals surface area contributed by atoms with Crippen molar-refractivity contribution in [2.45, 2.75) is 33.0 Å². The zero-order valence-electron chi connectivity index (χ0n) is 18.3. The molecular weight excluding hydrogens is 427 g/mol. The Morgan fingerprint density at radius 2 is 1.81 bits per heavy atom. The van der Waals surface area contributed by atoms with E-state index in [-0.39, 0.29) is 43.6 Å². The third-order valence-electron chi connectivity index (χ3n) is 4.70. The second kappa shape index (κ2) is 10.5. The molecule has 0 saturated heterocycles. The van der Waals surface area contributed by atoms with E-state index in [0.717, 1.165) is 15.0 Å². The number of amides is 1. The van der Waals surface area contributed by atoms with Gasteiger partial charge in [-0.05, 0) is 18.5 Å². The first-order valence-electron chi connectivity index (χ1n) is 10.1. The topological polar surface area (TPSA) is 104 Å². The number of nitrogen functional groups attached to an aromatic ring is 1. The molecule has 0 aliphatic heterocycles. The minimum absolute atomic E-state index is 0.0739. The van der Waals surface area contributed by atoms with Crippen molar-refractivity contribution in [3.05, 3.63) is 56.7 Å². The first-order valence-corrected chi connectivity index (χ1v) is 10.1. The quantitative estimate of drug-likeness (QED) is 0.602. The van der Waals surface area contributed by atoms with Gasteiger partial charge >= 0.3 is 11.9 Å². The fourth-order valence-corrected chi connectivity index (χ4v) is 3.16. The van der Waals surface area contributed by atoms with Crippen molar-refractivity contribution in [1.82, 2.24) is 14.5 Å². The zero-order valence-corrected chi connectivity index (χ0v) is 18.3. The van der Waals surface area contributed by atoms with Crippen molar-refractivity contribution in [2.24, 2.45) is 5.92 Å². The molecule has 8 nitrogen and oxygen atoms in total. The normalized spacial score (nSPS) is 11.9. The van der Waals surface area contributed by atoms with E-state index < -0.39 is 29.8 Å². The molecule has 0 aliphatic carbocycles. The molecule has 2 aromatic rings. The second-order valence-electron chi connectivity index (χ2n) is 8.07. The lowest BCUT2D eigenvalue weighted by molar-refractivity contribution is -0.138. The third-order valence-corrected chi connectivity index (χ3v) is 4.70. The number of benzene rings is 1. The number of nitrogens with two attached hydrogens (primary N) is 1. The molecule has 0 fully saturated rings. The highest BCUT2D eigenvalue weighted by Gasteiger charge is 2.29. The van der Waals surface area contributed by atoms with E-state index in [2.05, 4.69) is 4.98 Å². The minimum Gasteiger partial charge on any atom is -0.383 e. The van der Waals surface area contributed by atoms with Crippen LogP contribution in [0.3, 0.4) is 0 Å². The Hall–Kier alpha value is -3.08. The largest absolute Gasteiger partial charge is 0.390 e. The maximum absolute atomic E-state index is 13.0. The summed E-state index contributed by atoms with van der Waals surface area (Å²) in [5.41, 5.74) is 5.19. The van der Waals surface area contributed by atoms with E-state index in [1.54, 1.807) is 24.3 Å². The summed E-state index contributed by atoms with van der Waals surface area (Å²) in [4.78, 5) is 42.6. The van der Waals surface area contributed by atoms with Gasteiger partial charge in [0, 0.05) is 13.1 Å². The molecule has 176 valence electrons. The number of anilines is 2. The van der Waals surface area contributed by atoms with Crippen LogP contribution in [0, 0.1) is 5.92 Å². The number of hydrogen-bond donors (Lipinski definition) is 2. The molecule has 1 amide bonds. The SMILES string of the molecule is CC(C)CN(C(=O)CN(C)CCC(F)(F)F)c1c(N)n(Cc2ccccc2)c(=O)[nH]c1=O. The fraction of sp³-hybridized carbons (Fsp3) is 0.476. The smallest absolute Gasteiger partial charge is 0.383 e. The maximum Gasteiger partial charge on any atom is 0.390 e. The van der Waals surface area contributed by atoms with Crippen LogP contribution in [0.25, 0.3) is 0 Å². The molecule has 0 unspecified atom stereocenters. The van der Waals surface area contributed by atoms with Gasteiger partial charge in [-0.1, -0.05) is 44.2 Å². The number of likely N-dealkylation sites (N-methyl/N-ethyl adjacent to an activating group) is 1. The van der Waals surface area contributed by atoms with E-state index in [0.29, 0.717) is 0 Å². The minimum atomic E-state index is -4.34. The van der Waals surface area contributed by atoms with E-state index >= 15 is 0 Å². The molecule has 0 radical (unpaired) electrons. The van der Waals surface area contributed by atoms with Crippen LogP contribution in [0.5, 0.6) is 0 Å². The van der Waals surface area contributed by atoms with Gasteiger partial charge in [-0.3, -0.25) is 24.0 Å². The van der Waals surface area contributed by atoms with Crippen LogP contribution in [-0.4, -0.2) is 53.2 Å². The van der Waals surface area contributed by atoms with Crippen LogP contribution >= 0.6 is 0 Å². The van der Waals surface area contributed by atoms with Gasteiger partial charge in [0.25, 0.3) is 5.56 Å². The number of nitrogens with zero attached hydrogens (tertiary/aromatic N) is 3. The van der Waals surface area contributed by atoms with E-state index in [4.69, 9.17) is 5.73 Å². The number of rotatable bonds is 9. The summed E-state index contributed by atoms with van der Waals surface area (Å²) in [5.74, 6) is -0.854. The van der Waals surface area contributed by atoms with Gasteiger partial charge in [-0.2, -0.15) is 13.2 Å². The van der Waals surface area contributed by atoms with Gasteiger partial charge in [0.15, 0.2) is 5.69 Å². The molecule has 11 heteroatoms. The lowest BCUT2D eigenvalue weighted by Crippen LogP contribution is -2.46. The Balaban J connectivity index is 2.39. The lowest BCUT2D eigenvalue weighted by Gasteiger charge is -2.28. The molecule has 1 heterocycles. The predicted molar refractivity (Wildman–Crippen MR) is 117 cm³/mol. The monoisotopic (exact) mass is 455 g/mol. The molecule has 1 aromatic carbocycles. The summed E-state index contributed by atoms with van der Waals surface area (Å²) >= 11 is 0. The second-order valence-corrected chi connectivity index (χ2v) is 8.07. The van der Waals surface area contributed by atoms with Gasteiger partial charge in [-0.15, -0.1) is 0 Å². The Kier molecular flexibility index (Phi) is 8.25. The molecule has 0 saturated carbocycles. The van der Waals surface area contributed by atoms with Gasteiger partial charge in [-0.25, -0.2) is 4.79 Å². The molecule has 3 N–H and O–H groups in total. The maximum atomic E-state index is 13.0. The van der Waals surface area contributed by atoms with E-state index in [1.807, 2.05) is 19.9 Å². The number of carbonyl (C=O) groups excluding carboxylic acids is 1. The highest BCUT2D eigenvalue weighted by Crippen LogP contribution is 2.21. The summed E-state index contributed by atoms with van der Waals surface area (Å²) in [6, 6.07) is 8.95. The predicted octanol–water partition coefficient (Wildman–Crippen LogP) is 2.04. The number of alkyl halides is 3. The third kappa shape index (κ3) is 6.98.